The Balaban J connectivity index is 0.00000370. The van der Waals surface area contributed by atoms with Crippen molar-refractivity contribution in [1.82, 2.24) is 25.1 Å². The van der Waals surface area contributed by atoms with Gasteiger partial charge >= 0.3 is 12.1 Å². The molecule has 3 atom stereocenters. The molecular formula is C26H27Cl2F3N6O3. The molecule has 2 unspecified atom stereocenters. The first-order valence-corrected chi connectivity index (χ1v) is 12.7. The van der Waals surface area contributed by atoms with Gasteiger partial charge in [-0.2, -0.15) is 23.3 Å². The van der Waals surface area contributed by atoms with Crippen LogP contribution in [0.25, 0.3) is 11.3 Å². The minimum absolute atomic E-state index is 0. The average Bonchev–Trinajstić information content (AvgIpc) is 3.49. The van der Waals surface area contributed by atoms with Gasteiger partial charge in [0.2, 0.25) is 17.9 Å². The molecule has 2 aliphatic rings. The Hall–Kier alpha value is -3.35. The molecule has 1 saturated heterocycles. The van der Waals surface area contributed by atoms with Gasteiger partial charge in [-0.25, -0.2) is 9.67 Å². The van der Waals surface area contributed by atoms with Gasteiger partial charge < -0.3 is 20.9 Å². The van der Waals surface area contributed by atoms with Crippen molar-refractivity contribution in [3.63, 3.8) is 0 Å². The van der Waals surface area contributed by atoms with E-state index in [1.165, 1.54) is 28.9 Å². The number of aliphatic carboxylic acids is 1. The minimum atomic E-state index is -4.81. The number of carbonyl (C=O) groups is 1. The number of allylic oxidation sites excluding steroid dienone is 2. The van der Waals surface area contributed by atoms with Crippen LogP contribution in [0.1, 0.15) is 48.7 Å². The summed E-state index contributed by atoms with van der Waals surface area (Å²) in [4.78, 5) is 19.5. The van der Waals surface area contributed by atoms with Gasteiger partial charge in [0.15, 0.2) is 0 Å². The number of alkyl halides is 3. The van der Waals surface area contributed by atoms with Gasteiger partial charge in [0, 0.05) is 29.4 Å². The van der Waals surface area contributed by atoms with Crippen LogP contribution in [0.5, 0.6) is 5.88 Å². The summed E-state index contributed by atoms with van der Waals surface area (Å²) < 4.78 is 49.9. The molecule has 1 fully saturated rings. The molecule has 0 amide bonds. The van der Waals surface area contributed by atoms with Gasteiger partial charge in [-0.05, 0) is 61.8 Å². The Morgan fingerprint density at radius 2 is 2.08 bits per heavy atom. The maximum absolute atomic E-state index is 14.4. The third-order valence-electron chi connectivity index (χ3n) is 7.19. The first kappa shape index (κ1) is 29.6. The van der Waals surface area contributed by atoms with E-state index in [2.05, 4.69) is 20.4 Å². The Kier molecular flexibility index (Phi) is 8.34. The first-order chi connectivity index (χ1) is 18.4. The SMILES string of the molecule is Cc1ccn(-c2cc(Cl)ccc2[C@@H](Oc2cc(C3=CCC4(CC3)CNC(C(=O)O)C4)nc(N)n2)C(F)(F)F)n1.Cl. The Morgan fingerprint density at radius 3 is 2.67 bits per heavy atom. The number of ether oxygens (including phenoxy) is 1. The van der Waals surface area contributed by atoms with E-state index in [4.69, 9.17) is 22.1 Å². The number of anilines is 1. The molecule has 5 rings (SSSR count). The van der Waals surface area contributed by atoms with Crippen LogP contribution >= 0.6 is 24.0 Å². The maximum Gasteiger partial charge on any atom is 0.429 e. The molecule has 1 aliphatic carbocycles. The highest BCUT2D eigenvalue weighted by Gasteiger charge is 2.45. The standard InChI is InChI=1S/C26H26ClF3N6O3.ClH/c1-14-6-9-36(35-14)20-10-16(27)2-3-17(20)22(26(28,29)30)39-21-11-18(33-24(31)34-21)15-4-7-25(8-5-15)12-19(23(37)38)32-13-25;/h2-4,6,9-11,19,22,32H,5,7-8,12-13H2,1H3,(H,37,38)(H2,31,33,34);1H/t19?,22-,25?;/m1./s1. The van der Waals surface area contributed by atoms with Gasteiger partial charge in [0.1, 0.15) is 6.04 Å². The van der Waals surface area contributed by atoms with Crippen molar-refractivity contribution in [1.29, 1.82) is 0 Å². The lowest BCUT2D eigenvalue weighted by Gasteiger charge is -2.31. The number of nitrogen functional groups attached to an aromatic ring is 1. The van der Waals surface area contributed by atoms with Crippen LogP contribution in [0.15, 0.2) is 42.6 Å². The number of carboxylic acids is 1. The summed E-state index contributed by atoms with van der Waals surface area (Å²) in [6.45, 7) is 2.31. The number of nitrogens with two attached hydrogens (primary N) is 1. The number of aryl methyl sites for hydroxylation is 1. The van der Waals surface area contributed by atoms with Crippen molar-refractivity contribution in [3.05, 3.63) is 64.6 Å². The number of halogens is 5. The van der Waals surface area contributed by atoms with Crippen LogP contribution in [0.4, 0.5) is 19.1 Å². The third-order valence-corrected chi connectivity index (χ3v) is 7.43. The first-order valence-electron chi connectivity index (χ1n) is 12.3. The van der Waals surface area contributed by atoms with E-state index in [1.807, 2.05) is 6.08 Å². The van der Waals surface area contributed by atoms with Crippen LogP contribution in [-0.2, 0) is 4.79 Å². The number of hydrogen-bond donors (Lipinski definition) is 3. The molecule has 214 valence electrons. The van der Waals surface area contributed by atoms with Crippen LogP contribution in [-0.4, -0.2) is 49.6 Å². The van der Waals surface area contributed by atoms with Crippen LogP contribution in [0, 0.1) is 12.3 Å². The molecule has 1 aliphatic heterocycles. The van der Waals surface area contributed by atoms with Crippen LogP contribution in [0.3, 0.4) is 0 Å². The highest BCUT2D eigenvalue weighted by Crippen LogP contribution is 2.45. The zero-order valence-electron chi connectivity index (χ0n) is 21.3. The van der Waals surface area contributed by atoms with Crippen molar-refractivity contribution in [2.75, 3.05) is 12.3 Å². The number of carboxylic acid groups (broad SMARTS) is 1. The smallest absolute Gasteiger partial charge is 0.429 e. The molecule has 40 heavy (non-hydrogen) atoms. The predicted octanol–water partition coefficient (Wildman–Crippen LogP) is 5.31. The molecule has 3 aromatic rings. The van der Waals surface area contributed by atoms with Gasteiger partial charge in [-0.3, -0.25) is 4.79 Å². The fourth-order valence-corrected chi connectivity index (χ4v) is 5.36. The molecular weight excluding hydrogens is 572 g/mol. The lowest BCUT2D eigenvalue weighted by Crippen LogP contribution is -2.30. The second-order valence-corrected chi connectivity index (χ2v) is 10.4. The Bertz CT molecular complexity index is 1450. The molecule has 0 radical (unpaired) electrons. The molecule has 1 aromatic carbocycles. The zero-order valence-corrected chi connectivity index (χ0v) is 22.9. The molecule has 4 N–H and O–H groups in total. The second-order valence-electron chi connectivity index (χ2n) is 10.0. The van der Waals surface area contributed by atoms with Crippen molar-refractivity contribution in [2.45, 2.75) is 50.9 Å². The fraction of sp³-hybridized carbons (Fsp3) is 0.385. The van der Waals surface area contributed by atoms with E-state index < -0.39 is 24.3 Å². The summed E-state index contributed by atoms with van der Waals surface area (Å²) in [7, 11) is 0. The molecule has 3 heterocycles. The molecule has 1 spiro atoms. The summed E-state index contributed by atoms with van der Waals surface area (Å²) in [5.41, 5.74) is 7.40. The van der Waals surface area contributed by atoms with E-state index in [9.17, 15) is 23.1 Å². The summed E-state index contributed by atoms with van der Waals surface area (Å²) >= 11 is 6.11. The number of nitrogens with zero attached hydrogens (tertiary/aromatic N) is 4. The fourth-order valence-electron chi connectivity index (χ4n) is 5.20. The van der Waals surface area contributed by atoms with E-state index in [0.717, 1.165) is 5.57 Å². The average molecular weight is 599 g/mol. The molecule has 0 bridgehead atoms. The summed E-state index contributed by atoms with van der Waals surface area (Å²) in [6, 6.07) is 6.42. The molecule has 14 heteroatoms. The number of aromatic nitrogens is 4. The van der Waals surface area contributed by atoms with Crippen molar-refractivity contribution < 1.29 is 27.8 Å². The largest absolute Gasteiger partial charge is 0.480 e. The van der Waals surface area contributed by atoms with Crippen LogP contribution in [0.2, 0.25) is 5.02 Å². The van der Waals surface area contributed by atoms with Crippen molar-refractivity contribution in [3.8, 4) is 11.6 Å². The minimum Gasteiger partial charge on any atom is -0.480 e. The van der Waals surface area contributed by atoms with Crippen molar-refractivity contribution >= 4 is 41.5 Å². The number of rotatable bonds is 6. The van der Waals surface area contributed by atoms with Crippen LogP contribution < -0.4 is 15.8 Å². The highest BCUT2D eigenvalue weighted by molar-refractivity contribution is 6.30. The van der Waals surface area contributed by atoms with E-state index in [-0.39, 0.29) is 45.9 Å². The molecule has 0 saturated carbocycles. The lowest BCUT2D eigenvalue weighted by atomic mass is 9.73. The predicted molar refractivity (Wildman–Crippen MR) is 145 cm³/mol. The van der Waals surface area contributed by atoms with Gasteiger partial charge in [-0.1, -0.05) is 23.7 Å². The Labute approximate surface area is 239 Å². The van der Waals surface area contributed by atoms with E-state index in [0.29, 0.717) is 43.6 Å². The third kappa shape index (κ3) is 6.18. The lowest BCUT2D eigenvalue weighted by molar-refractivity contribution is -0.198. The quantitative estimate of drug-likeness (QED) is 0.348. The number of nitrogens with one attached hydrogen (secondary N) is 1. The second kappa shape index (κ2) is 11.3. The maximum atomic E-state index is 14.4. The summed E-state index contributed by atoms with van der Waals surface area (Å²) in [5.74, 6) is -1.43. The summed E-state index contributed by atoms with van der Waals surface area (Å²) in [5, 5.41) is 16.8. The normalized spacial score (nSPS) is 21.5. The highest BCUT2D eigenvalue weighted by atomic mass is 35.5. The molecule has 9 nitrogen and oxygen atoms in total. The van der Waals surface area contributed by atoms with E-state index >= 15 is 0 Å². The van der Waals surface area contributed by atoms with Gasteiger partial charge in [0.25, 0.3) is 0 Å². The van der Waals surface area contributed by atoms with Gasteiger partial charge in [0.05, 0.1) is 17.1 Å². The van der Waals surface area contributed by atoms with Gasteiger partial charge in [-0.15, -0.1) is 12.4 Å². The Morgan fingerprint density at radius 1 is 1.30 bits per heavy atom. The topological polar surface area (TPSA) is 128 Å². The zero-order chi connectivity index (χ0) is 27.9. The number of hydrogen-bond acceptors (Lipinski definition) is 7. The summed E-state index contributed by atoms with van der Waals surface area (Å²) in [6.07, 6.45) is -1.32. The molecule has 2 aromatic heterocycles. The number of benzene rings is 1. The van der Waals surface area contributed by atoms with E-state index in [1.54, 1.807) is 19.2 Å². The monoisotopic (exact) mass is 598 g/mol. The van der Waals surface area contributed by atoms with Crippen molar-refractivity contribution in [2.24, 2.45) is 5.41 Å².